The lowest BCUT2D eigenvalue weighted by atomic mass is 10.1. The van der Waals surface area contributed by atoms with E-state index in [1.54, 1.807) is 23.0 Å². The highest BCUT2D eigenvalue weighted by molar-refractivity contribution is 7.20. The third kappa shape index (κ3) is 3.47. The van der Waals surface area contributed by atoms with Crippen LogP contribution in [-0.2, 0) is 13.5 Å². The molecule has 3 heterocycles. The third-order valence-corrected chi connectivity index (χ3v) is 6.27. The van der Waals surface area contributed by atoms with Gasteiger partial charge in [0.15, 0.2) is 5.13 Å². The number of benzene rings is 1. The molecule has 0 spiro atoms. The standard InChI is InChI=1S/C19H15N5OS2/c1-11-15-8-16(27-18(15)24(2)23-11)17(25)22-19-21-10-14(26-19)7-12-3-5-13(9-20)6-4-12/h3-6,8,10H,7H2,1-2H3,(H,21,22,25). The van der Waals surface area contributed by atoms with E-state index >= 15 is 0 Å². The first-order valence-corrected chi connectivity index (χ1v) is 9.85. The number of anilines is 1. The molecule has 0 saturated carbocycles. The van der Waals surface area contributed by atoms with E-state index in [1.165, 1.54) is 22.7 Å². The number of aromatic nitrogens is 3. The summed E-state index contributed by atoms with van der Waals surface area (Å²) in [4.78, 5) is 19.5. The van der Waals surface area contributed by atoms with Gasteiger partial charge >= 0.3 is 0 Å². The summed E-state index contributed by atoms with van der Waals surface area (Å²) in [7, 11) is 1.88. The summed E-state index contributed by atoms with van der Waals surface area (Å²) >= 11 is 2.88. The number of carbonyl (C=O) groups excluding carboxylic acids is 1. The van der Waals surface area contributed by atoms with Gasteiger partial charge in [0.2, 0.25) is 0 Å². The first kappa shape index (κ1) is 17.4. The number of fused-ring (bicyclic) bond motifs is 1. The Morgan fingerprint density at radius 1 is 1.30 bits per heavy atom. The van der Waals surface area contributed by atoms with Gasteiger partial charge in [0.1, 0.15) is 4.83 Å². The number of nitrogens with zero attached hydrogens (tertiary/aromatic N) is 4. The number of nitrogens with one attached hydrogen (secondary N) is 1. The van der Waals surface area contributed by atoms with Crippen molar-refractivity contribution in [2.75, 3.05) is 5.32 Å². The maximum absolute atomic E-state index is 12.5. The van der Waals surface area contributed by atoms with E-state index in [2.05, 4.69) is 21.5 Å². The quantitative estimate of drug-likeness (QED) is 0.565. The monoisotopic (exact) mass is 393 g/mol. The number of hydrogen-bond donors (Lipinski definition) is 1. The number of carbonyl (C=O) groups is 1. The molecule has 1 N–H and O–H groups in total. The second-order valence-corrected chi connectivity index (χ2v) is 8.26. The van der Waals surface area contributed by atoms with Crippen LogP contribution in [0.2, 0.25) is 0 Å². The summed E-state index contributed by atoms with van der Waals surface area (Å²) in [6, 6.07) is 11.5. The summed E-state index contributed by atoms with van der Waals surface area (Å²) in [5, 5.41) is 17.7. The molecule has 3 aromatic heterocycles. The van der Waals surface area contributed by atoms with Crippen molar-refractivity contribution in [3.05, 3.63) is 63.1 Å². The van der Waals surface area contributed by atoms with Crippen molar-refractivity contribution < 1.29 is 4.79 Å². The molecule has 0 aliphatic heterocycles. The van der Waals surface area contributed by atoms with Crippen LogP contribution in [0.5, 0.6) is 0 Å². The Bertz CT molecular complexity index is 1140. The smallest absolute Gasteiger partial charge is 0.267 e. The Hall–Kier alpha value is -3.02. The van der Waals surface area contributed by atoms with Gasteiger partial charge in [0.25, 0.3) is 5.91 Å². The average molecular weight is 393 g/mol. The van der Waals surface area contributed by atoms with Crippen molar-refractivity contribution in [3.63, 3.8) is 0 Å². The van der Waals surface area contributed by atoms with Crippen LogP contribution < -0.4 is 5.32 Å². The van der Waals surface area contributed by atoms with Gasteiger partial charge in [-0.05, 0) is 30.7 Å². The second kappa shape index (κ2) is 6.95. The second-order valence-electron chi connectivity index (χ2n) is 6.11. The lowest BCUT2D eigenvalue weighted by Gasteiger charge is -1.99. The van der Waals surface area contributed by atoms with E-state index in [4.69, 9.17) is 5.26 Å². The summed E-state index contributed by atoms with van der Waals surface area (Å²) in [6.45, 7) is 1.94. The molecule has 4 rings (SSSR count). The summed E-state index contributed by atoms with van der Waals surface area (Å²) in [5.74, 6) is -0.158. The maximum Gasteiger partial charge on any atom is 0.267 e. The SMILES string of the molecule is Cc1nn(C)c2sc(C(=O)Nc3ncc(Cc4ccc(C#N)cc4)s3)cc12. The Morgan fingerprint density at radius 2 is 2.07 bits per heavy atom. The van der Waals surface area contributed by atoms with Crippen LogP contribution in [-0.4, -0.2) is 20.7 Å². The fraction of sp³-hybridized carbons (Fsp3) is 0.158. The molecule has 1 amide bonds. The zero-order valence-corrected chi connectivity index (χ0v) is 16.3. The van der Waals surface area contributed by atoms with Gasteiger partial charge < -0.3 is 0 Å². The Labute approximate surface area is 163 Å². The fourth-order valence-corrected chi connectivity index (χ4v) is 4.68. The molecule has 4 aromatic rings. The van der Waals surface area contributed by atoms with Crippen molar-refractivity contribution in [3.8, 4) is 6.07 Å². The molecule has 0 fully saturated rings. The number of hydrogen-bond acceptors (Lipinski definition) is 6. The number of thiophene rings is 1. The third-order valence-electron chi connectivity index (χ3n) is 4.16. The molecule has 0 saturated heterocycles. The summed E-state index contributed by atoms with van der Waals surface area (Å²) in [6.07, 6.45) is 2.49. The number of nitriles is 1. The predicted molar refractivity (Wildman–Crippen MR) is 107 cm³/mol. The topological polar surface area (TPSA) is 83.6 Å². The van der Waals surface area contributed by atoms with Crippen LogP contribution in [0.4, 0.5) is 5.13 Å². The largest absolute Gasteiger partial charge is 0.297 e. The first-order valence-electron chi connectivity index (χ1n) is 8.21. The van der Waals surface area contributed by atoms with Gasteiger partial charge in [-0.1, -0.05) is 12.1 Å². The minimum atomic E-state index is -0.158. The van der Waals surface area contributed by atoms with Crippen LogP contribution in [0.15, 0.2) is 36.5 Å². The number of aryl methyl sites for hydroxylation is 2. The van der Waals surface area contributed by atoms with Gasteiger partial charge in [-0.3, -0.25) is 14.8 Å². The van der Waals surface area contributed by atoms with Crippen LogP contribution in [0.25, 0.3) is 10.2 Å². The summed E-state index contributed by atoms with van der Waals surface area (Å²) < 4.78 is 1.80. The highest BCUT2D eigenvalue weighted by Gasteiger charge is 2.16. The van der Waals surface area contributed by atoms with E-state index in [0.717, 1.165) is 26.4 Å². The van der Waals surface area contributed by atoms with Crippen LogP contribution in [0.1, 0.15) is 31.4 Å². The van der Waals surface area contributed by atoms with Crippen LogP contribution in [0, 0.1) is 18.3 Å². The van der Waals surface area contributed by atoms with E-state index < -0.39 is 0 Å². The van der Waals surface area contributed by atoms with E-state index in [1.807, 2.05) is 32.2 Å². The summed E-state index contributed by atoms with van der Waals surface area (Å²) in [5.41, 5.74) is 2.66. The molecule has 134 valence electrons. The normalized spacial score (nSPS) is 10.9. The van der Waals surface area contributed by atoms with Crippen molar-refractivity contribution in [2.45, 2.75) is 13.3 Å². The molecule has 27 heavy (non-hydrogen) atoms. The van der Waals surface area contributed by atoms with Gasteiger partial charge in [0.05, 0.1) is 22.2 Å². The van der Waals surface area contributed by atoms with Gasteiger partial charge in [-0.15, -0.1) is 22.7 Å². The molecule has 1 aromatic carbocycles. The molecule has 0 aliphatic rings. The maximum atomic E-state index is 12.5. The minimum Gasteiger partial charge on any atom is -0.297 e. The molecular weight excluding hydrogens is 378 g/mol. The molecule has 0 bridgehead atoms. The molecule has 0 unspecified atom stereocenters. The highest BCUT2D eigenvalue weighted by Crippen LogP contribution is 2.29. The number of amides is 1. The lowest BCUT2D eigenvalue weighted by molar-refractivity contribution is 0.103. The first-order chi connectivity index (χ1) is 13.0. The Kier molecular flexibility index (Phi) is 4.48. The van der Waals surface area contributed by atoms with E-state index in [0.29, 0.717) is 22.0 Å². The van der Waals surface area contributed by atoms with Crippen molar-refractivity contribution in [2.24, 2.45) is 7.05 Å². The van der Waals surface area contributed by atoms with E-state index in [-0.39, 0.29) is 5.91 Å². The van der Waals surface area contributed by atoms with Crippen molar-refractivity contribution in [1.82, 2.24) is 14.8 Å². The van der Waals surface area contributed by atoms with Gasteiger partial charge in [-0.25, -0.2) is 4.98 Å². The Morgan fingerprint density at radius 3 is 2.78 bits per heavy atom. The predicted octanol–water partition coefficient (Wildman–Crippen LogP) is 4.11. The lowest BCUT2D eigenvalue weighted by Crippen LogP contribution is -2.09. The van der Waals surface area contributed by atoms with Gasteiger partial charge in [0, 0.05) is 29.9 Å². The minimum absolute atomic E-state index is 0.158. The van der Waals surface area contributed by atoms with E-state index in [9.17, 15) is 4.79 Å². The molecule has 6 nitrogen and oxygen atoms in total. The number of thiazole rings is 1. The zero-order chi connectivity index (χ0) is 19.0. The fourth-order valence-electron chi connectivity index (χ4n) is 2.82. The molecule has 0 radical (unpaired) electrons. The Balaban J connectivity index is 1.47. The molecule has 0 aliphatic carbocycles. The number of rotatable bonds is 4. The molecule has 8 heteroatoms. The van der Waals surface area contributed by atoms with Crippen molar-refractivity contribution >= 4 is 43.9 Å². The zero-order valence-electron chi connectivity index (χ0n) is 14.7. The molecular formula is C19H15N5OS2. The van der Waals surface area contributed by atoms with Crippen LogP contribution in [0.3, 0.4) is 0 Å². The highest BCUT2D eigenvalue weighted by atomic mass is 32.1. The van der Waals surface area contributed by atoms with Crippen molar-refractivity contribution in [1.29, 1.82) is 5.26 Å². The van der Waals surface area contributed by atoms with Crippen LogP contribution >= 0.6 is 22.7 Å². The molecule has 0 atom stereocenters. The average Bonchev–Trinajstić information content (AvgIpc) is 3.34. The van der Waals surface area contributed by atoms with Gasteiger partial charge in [-0.2, -0.15) is 10.4 Å².